The van der Waals surface area contributed by atoms with E-state index < -0.39 is 0 Å². The van der Waals surface area contributed by atoms with E-state index >= 15 is 0 Å². The quantitative estimate of drug-likeness (QED) is 0.820. The van der Waals surface area contributed by atoms with Crippen molar-refractivity contribution in [1.82, 2.24) is 10.2 Å². The third-order valence-electron chi connectivity index (χ3n) is 3.17. The van der Waals surface area contributed by atoms with Gasteiger partial charge in [-0.05, 0) is 45.5 Å². The van der Waals surface area contributed by atoms with Crippen molar-refractivity contribution in [3.8, 4) is 0 Å². The molecule has 0 aliphatic rings. The maximum absolute atomic E-state index is 12.8. The van der Waals surface area contributed by atoms with Crippen LogP contribution in [0.1, 0.15) is 32.4 Å². The minimum atomic E-state index is -0.180. The van der Waals surface area contributed by atoms with E-state index in [0.29, 0.717) is 6.04 Å². The van der Waals surface area contributed by atoms with Crippen LogP contribution in [0.4, 0.5) is 4.39 Å². The largest absolute Gasteiger partial charge is 0.309 e. The number of likely N-dealkylation sites (N-methyl/N-ethyl adjacent to an activating group) is 1. The van der Waals surface area contributed by atoms with Crippen LogP contribution in [-0.4, -0.2) is 31.1 Å². The molecule has 0 amide bonds. The van der Waals surface area contributed by atoms with Gasteiger partial charge in [0.25, 0.3) is 0 Å². The average Bonchev–Trinajstić information content (AvgIpc) is 2.29. The van der Waals surface area contributed by atoms with Gasteiger partial charge in [0.15, 0.2) is 0 Å². The molecule has 0 aliphatic carbocycles. The van der Waals surface area contributed by atoms with E-state index in [0.717, 1.165) is 18.7 Å². The molecule has 0 aromatic heterocycles. The fourth-order valence-electron chi connectivity index (χ4n) is 1.58. The van der Waals surface area contributed by atoms with Crippen molar-refractivity contribution in [3.05, 3.63) is 35.6 Å². The summed E-state index contributed by atoms with van der Waals surface area (Å²) in [5.41, 5.74) is 1.12. The third kappa shape index (κ3) is 4.84. The molecule has 0 spiro atoms. The predicted octanol–water partition coefficient (Wildman–Crippen LogP) is 2.82. The zero-order chi connectivity index (χ0) is 12.8. The first-order valence-corrected chi connectivity index (χ1v) is 6.19. The minimum absolute atomic E-state index is 0.180. The van der Waals surface area contributed by atoms with Gasteiger partial charge in [-0.25, -0.2) is 4.39 Å². The van der Waals surface area contributed by atoms with Crippen molar-refractivity contribution in [2.24, 2.45) is 0 Å². The van der Waals surface area contributed by atoms with Gasteiger partial charge >= 0.3 is 0 Å². The van der Waals surface area contributed by atoms with Gasteiger partial charge in [0.05, 0.1) is 0 Å². The van der Waals surface area contributed by atoms with Crippen molar-refractivity contribution < 1.29 is 4.39 Å². The van der Waals surface area contributed by atoms with E-state index in [1.165, 1.54) is 12.1 Å². The van der Waals surface area contributed by atoms with E-state index in [-0.39, 0.29) is 11.9 Å². The van der Waals surface area contributed by atoms with Gasteiger partial charge in [-0.1, -0.05) is 12.1 Å². The number of hydrogen-bond donors (Lipinski definition) is 1. The molecule has 17 heavy (non-hydrogen) atoms. The molecule has 1 aromatic carbocycles. The number of nitrogens with zero attached hydrogens (tertiary/aromatic N) is 1. The molecule has 96 valence electrons. The molecule has 1 N–H and O–H groups in total. The van der Waals surface area contributed by atoms with Crippen molar-refractivity contribution in [1.29, 1.82) is 0 Å². The third-order valence-corrected chi connectivity index (χ3v) is 3.17. The maximum Gasteiger partial charge on any atom is 0.123 e. The highest BCUT2D eigenvalue weighted by Crippen LogP contribution is 2.12. The molecular formula is C14H23FN2. The Morgan fingerprint density at radius 2 is 1.76 bits per heavy atom. The van der Waals surface area contributed by atoms with Crippen LogP contribution >= 0.6 is 0 Å². The first-order valence-electron chi connectivity index (χ1n) is 6.19. The fraction of sp³-hybridized carbons (Fsp3) is 0.571. The standard InChI is InChI=1S/C14H23FN2/c1-11(2)17(4)10-9-16-12(3)13-5-7-14(15)8-6-13/h5-8,11-12,16H,9-10H2,1-4H3. The summed E-state index contributed by atoms with van der Waals surface area (Å²) in [6.07, 6.45) is 0. The molecule has 1 atom stereocenters. The van der Waals surface area contributed by atoms with Crippen LogP contribution < -0.4 is 5.32 Å². The molecule has 0 saturated carbocycles. The summed E-state index contributed by atoms with van der Waals surface area (Å²) in [5.74, 6) is -0.180. The zero-order valence-electron chi connectivity index (χ0n) is 11.2. The number of nitrogens with one attached hydrogen (secondary N) is 1. The van der Waals surface area contributed by atoms with Crippen LogP contribution in [0.15, 0.2) is 24.3 Å². The lowest BCUT2D eigenvalue weighted by Crippen LogP contribution is -2.34. The van der Waals surface area contributed by atoms with Gasteiger partial charge in [0.2, 0.25) is 0 Å². The molecular weight excluding hydrogens is 215 g/mol. The van der Waals surface area contributed by atoms with Gasteiger partial charge in [-0.2, -0.15) is 0 Å². The summed E-state index contributed by atoms with van der Waals surface area (Å²) in [6.45, 7) is 8.42. The second-order valence-corrected chi connectivity index (χ2v) is 4.80. The Morgan fingerprint density at radius 1 is 1.18 bits per heavy atom. The van der Waals surface area contributed by atoms with E-state index in [2.05, 4.69) is 38.0 Å². The van der Waals surface area contributed by atoms with E-state index in [4.69, 9.17) is 0 Å². The lowest BCUT2D eigenvalue weighted by molar-refractivity contribution is 0.270. The van der Waals surface area contributed by atoms with Gasteiger partial charge in [-0.3, -0.25) is 0 Å². The molecule has 0 bridgehead atoms. The summed E-state index contributed by atoms with van der Waals surface area (Å²) in [5, 5.41) is 3.44. The van der Waals surface area contributed by atoms with Crippen molar-refractivity contribution in [3.63, 3.8) is 0 Å². The van der Waals surface area contributed by atoms with Crippen LogP contribution in [0.2, 0.25) is 0 Å². The highest BCUT2D eigenvalue weighted by molar-refractivity contribution is 5.19. The molecule has 0 fully saturated rings. The molecule has 2 nitrogen and oxygen atoms in total. The van der Waals surface area contributed by atoms with E-state index in [9.17, 15) is 4.39 Å². The molecule has 0 aliphatic heterocycles. The summed E-state index contributed by atoms with van der Waals surface area (Å²) < 4.78 is 12.8. The number of rotatable bonds is 6. The van der Waals surface area contributed by atoms with E-state index in [1.54, 1.807) is 0 Å². The Hall–Kier alpha value is -0.930. The molecule has 1 unspecified atom stereocenters. The normalized spacial score (nSPS) is 13.4. The Morgan fingerprint density at radius 3 is 2.29 bits per heavy atom. The molecule has 1 aromatic rings. The maximum atomic E-state index is 12.8. The smallest absolute Gasteiger partial charge is 0.123 e. The first kappa shape index (κ1) is 14.1. The van der Waals surface area contributed by atoms with Crippen molar-refractivity contribution in [2.45, 2.75) is 32.9 Å². The Balaban J connectivity index is 2.34. The van der Waals surface area contributed by atoms with Crippen LogP contribution in [0.25, 0.3) is 0 Å². The first-order chi connectivity index (χ1) is 8.00. The SMILES string of the molecule is CC(NCCN(C)C(C)C)c1ccc(F)cc1. The minimum Gasteiger partial charge on any atom is -0.309 e. The molecule has 0 heterocycles. The lowest BCUT2D eigenvalue weighted by atomic mass is 10.1. The second kappa shape index (κ2) is 6.72. The summed E-state index contributed by atoms with van der Waals surface area (Å²) in [4.78, 5) is 2.30. The highest BCUT2D eigenvalue weighted by atomic mass is 19.1. The number of benzene rings is 1. The molecule has 0 saturated heterocycles. The zero-order valence-corrected chi connectivity index (χ0v) is 11.2. The van der Waals surface area contributed by atoms with Crippen LogP contribution in [0, 0.1) is 5.82 Å². The Labute approximate surface area is 104 Å². The fourth-order valence-corrected chi connectivity index (χ4v) is 1.58. The lowest BCUT2D eigenvalue weighted by Gasteiger charge is -2.22. The number of hydrogen-bond acceptors (Lipinski definition) is 2. The number of halogens is 1. The average molecular weight is 238 g/mol. The monoisotopic (exact) mass is 238 g/mol. The molecule has 3 heteroatoms. The van der Waals surface area contributed by atoms with E-state index in [1.807, 2.05) is 12.1 Å². The van der Waals surface area contributed by atoms with Crippen LogP contribution in [-0.2, 0) is 0 Å². The topological polar surface area (TPSA) is 15.3 Å². The van der Waals surface area contributed by atoms with Crippen LogP contribution in [0.5, 0.6) is 0 Å². The van der Waals surface area contributed by atoms with Crippen molar-refractivity contribution >= 4 is 0 Å². The van der Waals surface area contributed by atoms with Gasteiger partial charge in [0, 0.05) is 25.2 Å². The van der Waals surface area contributed by atoms with Crippen LogP contribution in [0.3, 0.4) is 0 Å². The Kier molecular flexibility index (Phi) is 5.59. The van der Waals surface area contributed by atoms with Gasteiger partial charge in [-0.15, -0.1) is 0 Å². The molecule has 1 rings (SSSR count). The van der Waals surface area contributed by atoms with Gasteiger partial charge < -0.3 is 10.2 Å². The summed E-state index contributed by atoms with van der Waals surface area (Å²) in [6, 6.07) is 7.51. The van der Waals surface area contributed by atoms with Gasteiger partial charge in [0.1, 0.15) is 5.82 Å². The Bertz CT molecular complexity index is 321. The summed E-state index contributed by atoms with van der Waals surface area (Å²) in [7, 11) is 2.12. The summed E-state index contributed by atoms with van der Waals surface area (Å²) >= 11 is 0. The second-order valence-electron chi connectivity index (χ2n) is 4.80. The van der Waals surface area contributed by atoms with Crippen molar-refractivity contribution in [2.75, 3.05) is 20.1 Å². The highest BCUT2D eigenvalue weighted by Gasteiger charge is 2.06. The molecule has 0 radical (unpaired) electrons. The predicted molar refractivity (Wildman–Crippen MR) is 70.6 cm³/mol.